The number of aromatic nitrogens is 1. The maximum absolute atomic E-state index is 5.83. The van der Waals surface area contributed by atoms with Gasteiger partial charge in [0.1, 0.15) is 0 Å². The van der Waals surface area contributed by atoms with Crippen LogP contribution >= 0.6 is 11.3 Å². The highest BCUT2D eigenvalue weighted by Gasteiger charge is 2.25. The van der Waals surface area contributed by atoms with Gasteiger partial charge in [-0.2, -0.15) is 0 Å². The van der Waals surface area contributed by atoms with Gasteiger partial charge in [0.15, 0.2) is 0 Å². The Labute approximate surface area is 108 Å². The van der Waals surface area contributed by atoms with Gasteiger partial charge in [-0.05, 0) is 37.8 Å². The predicted octanol–water partition coefficient (Wildman–Crippen LogP) is 2.12. The summed E-state index contributed by atoms with van der Waals surface area (Å²) in [5, 5.41) is 3.45. The van der Waals surface area contributed by atoms with Gasteiger partial charge in [0, 0.05) is 18.5 Å². The van der Waals surface area contributed by atoms with Gasteiger partial charge in [-0.15, -0.1) is 11.3 Å². The Morgan fingerprint density at radius 1 is 1.59 bits per heavy atom. The zero-order valence-corrected chi connectivity index (χ0v) is 11.7. The molecule has 4 heteroatoms. The first kappa shape index (κ1) is 13.0. The summed E-state index contributed by atoms with van der Waals surface area (Å²) in [5.41, 5.74) is 7.07. The summed E-state index contributed by atoms with van der Waals surface area (Å²) in [6.07, 6.45) is 2.32. The molecule has 2 heterocycles. The third-order valence-corrected chi connectivity index (χ3v) is 4.83. The van der Waals surface area contributed by atoms with Crippen LogP contribution in [-0.4, -0.2) is 29.5 Å². The number of rotatable bonds is 4. The Kier molecular flexibility index (Phi) is 4.54. The maximum atomic E-state index is 5.83. The van der Waals surface area contributed by atoms with E-state index in [4.69, 9.17) is 5.73 Å². The van der Waals surface area contributed by atoms with Gasteiger partial charge < -0.3 is 5.73 Å². The van der Waals surface area contributed by atoms with Crippen molar-refractivity contribution < 1.29 is 0 Å². The normalized spacial score (nSPS) is 26.3. The zero-order chi connectivity index (χ0) is 12.3. The van der Waals surface area contributed by atoms with Crippen LogP contribution in [0.2, 0.25) is 0 Å². The van der Waals surface area contributed by atoms with Crippen molar-refractivity contribution in [3.8, 4) is 0 Å². The van der Waals surface area contributed by atoms with Crippen LogP contribution in [0.3, 0.4) is 0 Å². The Balaban J connectivity index is 1.90. The second kappa shape index (κ2) is 5.94. The summed E-state index contributed by atoms with van der Waals surface area (Å²) in [4.78, 5) is 7.14. The minimum Gasteiger partial charge on any atom is -0.330 e. The molecule has 2 unspecified atom stereocenters. The highest BCUT2D eigenvalue weighted by atomic mass is 32.1. The lowest BCUT2D eigenvalue weighted by Gasteiger charge is -2.36. The highest BCUT2D eigenvalue weighted by molar-refractivity contribution is 7.09. The van der Waals surface area contributed by atoms with E-state index in [0.717, 1.165) is 32.0 Å². The largest absolute Gasteiger partial charge is 0.330 e. The lowest BCUT2D eigenvalue weighted by atomic mass is 9.87. The minimum absolute atomic E-state index is 0.660. The molecule has 1 aliphatic heterocycles. The monoisotopic (exact) mass is 253 g/mol. The fourth-order valence-corrected chi connectivity index (χ4v) is 3.22. The van der Waals surface area contributed by atoms with Crippen molar-refractivity contribution in [2.45, 2.75) is 33.2 Å². The number of thiazole rings is 1. The molecule has 0 amide bonds. The van der Waals surface area contributed by atoms with E-state index in [1.165, 1.54) is 23.7 Å². The summed E-state index contributed by atoms with van der Waals surface area (Å²) in [6.45, 7) is 8.63. The molecule has 17 heavy (non-hydrogen) atoms. The van der Waals surface area contributed by atoms with E-state index >= 15 is 0 Å². The Hall–Kier alpha value is -0.450. The molecule has 1 aromatic rings. The molecular formula is C13H23N3S. The molecule has 1 saturated heterocycles. The molecule has 96 valence electrons. The van der Waals surface area contributed by atoms with Crippen LogP contribution in [0.5, 0.6) is 0 Å². The average molecular weight is 253 g/mol. The van der Waals surface area contributed by atoms with E-state index in [1.807, 2.05) is 0 Å². The summed E-state index contributed by atoms with van der Waals surface area (Å²) in [5.74, 6) is 1.44. The standard InChI is InChI=1S/C13H23N3S/c1-3-13-15-12(9-17-13)8-16-5-4-10(2)11(6-14)7-16/h9-11H,3-8,14H2,1-2H3. The predicted molar refractivity (Wildman–Crippen MR) is 73.1 cm³/mol. The number of likely N-dealkylation sites (tertiary alicyclic amines) is 1. The quantitative estimate of drug-likeness (QED) is 0.894. The summed E-state index contributed by atoms with van der Waals surface area (Å²) in [7, 11) is 0. The lowest BCUT2D eigenvalue weighted by molar-refractivity contribution is 0.125. The third kappa shape index (κ3) is 3.27. The molecule has 0 radical (unpaired) electrons. The lowest BCUT2D eigenvalue weighted by Crippen LogP contribution is -2.42. The van der Waals surface area contributed by atoms with E-state index < -0.39 is 0 Å². The fourth-order valence-electron chi connectivity index (χ4n) is 2.49. The molecule has 1 aliphatic rings. The molecule has 2 N–H and O–H groups in total. The smallest absolute Gasteiger partial charge is 0.0926 e. The molecule has 0 saturated carbocycles. The van der Waals surface area contributed by atoms with E-state index in [2.05, 4.69) is 29.1 Å². The van der Waals surface area contributed by atoms with Crippen molar-refractivity contribution >= 4 is 11.3 Å². The Morgan fingerprint density at radius 3 is 3.06 bits per heavy atom. The molecule has 0 bridgehead atoms. The van der Waals surface area contributed by atoms with Crippen molar-refractivity contribution in [3.05, 3.63) is 16.1 Å². The van der Waals surface area contributed by atoms with E-state index in [9.17, 15) is 0 Å². The number of piperidine rings is 1. The first-order chi connectivity index (χ1) is 8.22. The number of hydrogen-bond acceptors (Lipinski definition) is 4. The van der Waals surface area contributed by atoms with Crippen LogP contribution in [0.1, 0.15) is 31.0 Å². The second-order valence-corrected chi connectivity index (χ2v) is 6.03. The van der Waals surface area contributed by atoms with Crippen LogP contribution in [0.4, 0.5) is 0 Å². The third-order valence-electron chi connectivity index (χ3n) is 3.79. The molecule has 2 rings (SSSR count). The average Bonchev–Trinajstić information content (AvgIpc) is 2.79. The molecule has 3 nitrogen and oxygen atoms in total. The van der Waals surface area contributed by atoms with Gasteiger partial charge in [0.2, 0.25) is 0 Å². The fraction of sp³-hybridized carbons (Fsp3) is 0.769. The van der Waals surface area contributed by atoms with E-state index in [-0.39, 0.29) is 0 Å². The molecule has 1 fully saturated rings. The number of hydrogen-bond donors (Lipinski definition) is 1. The zero-order valence-electron chi connectivity index (χ0n) is 10.9. The Morgan fingerprint density at radius 2 is 2.41 bits per heavy atom. The van der Waals surface area contributed by atoms with Crippen LogP contribution in [-0.2, 0) is 13.0 Å². The molecule has 0 aromatic carbocycles. The first-order valence-electron chi connectivity index (χ1n) is 6.58. The molecule has 0 spiro atoms. The molecular weight excluding hydrogens is 230 g/mol. The molecule has 0 aliphatic carbocycles. The van der Waals surface area contributed by atoms with Crippen LogP contribution in [0.25, 0.3) is 0 Å². The molecule has 1 aromatic heterocycles. The van der Waals surface area contributed by atoms with Gasteiger partial charge in [0.25, 0.3) is 0 Å². The Bertz CT molecular complexity index is 350. The summed E-state index contributed by atoms with van der Waals surface area (Å²) in [6, 6.07) is 0. The summed E-state index contributed by atoms with van der Waals surface area (Å²) < 4.78 is 0. The second-order valence-electron chi connectivity index (χ2n) is 5.08. The van der Waals surface area contributed by atoms with Crippen LogP contribution < -0.4 is 5.73 Å². The summed E-state index contributed by atoms with van der Waals surface area (Å²) >= 11 is 1.78. The van der Waals surface area contributed by atoms with Gasteiger partial charge in [-0.25, -0.2) is 4.98 Å². The van der Waals surface area contributed by atoms with Crippen molar-refractivity contribution in [3.63, 3.8) is 0 Å². The van der Waals surface area contributed by atoms with Gasteiger partial charge in [-0.3, -0.25) is 4.90 Å². The number of nitrogens with two attached hydrogens (primary N) is 1. The SMILES string of the molecule is CCc1nc(CN2CCC(C)C(CN)C2)cs1. The maximum Gasteiger partial charge on any atom is 0.0926 e. The molecule has 2 atom stereocenters. The van der Waals surface area contributed by atoms with Crippen molar-refractivity contribution in [1.29, 1.82) is 0 Å². The number of nitrogens with zero attached hydrogens (tertiary/aromatic N) is 2. The van der Waals surface area contributed by atoms with E-state index in [1.54, 1.807) is 11.3 Å². The van der Waals surface area contributed by atoms with Gasteiger partial charge >= 0.3 is 0 Å². The van der Waals surface area contributed by atoms with Gasteiger partial charge in [0.05, 0.1) is 10.7 Å². The van der Waals surface area contributed by atoms with Crippen molar-refractivity contribution in [2.75, 3.05) is 19.6 Å². The van der Waals surface area contributed by atoms with Crippen LogP contribution in [0.15, 0.2) is 5.38 Å². The van der Waals surface area contributed by atoms with E-state index in [0.29, 0.717) is 5.92 Å². The topological polar surface area (TPSA) is 42.2 Å². The van der Waals surface area contributed by atoms with Crippen LogP contribution in [0, 0.1) is 11.8 Å². The van der Waals surface area contributed by atoms with Crippen molar-refractivity contribution in [2.24, 2.45) is 17.6 Å². The van der Waals surface area contributed by atoms with Gasteiger partial charge in [-0.1, -0.05) is 13.8 Å². The minimum atomic E-state index is 0.660. The number of aryl methyl sites for hydroxylation is 1. The highest BCUT2D eigenvalue weighted by Crippen LogP contribution is 2.23. The van der Waals surface area contributed by atoms with Crippen molar-refractivity contribution in [1.82, 2.24) is 9.88 Å². The first-order valence-corrected chi connectivity index (χ1v) is 7.46.